The number of Topliss-reactive ketones (excluding diaryl/α,β-unsaturated/α-hetero) is 1. The molecule has 1 fully saturated rings. The molecule has 2 heterocycles. The van der Waals surface area contributed by atoms with E-state index in [1.54, 1.807) is 0 Å². The molecule has 34 heavy (non-hydrogen) atoms. The second kappa shape index (κ2) is 9.55. The van der Waals surface area contributed by atoms with Crippen LogP contribution in [0.25, 0.3) is 17.2 Å². The summed E-state index contributed by atoms with van der Waals surface area (Å²) in [5.41, 5.74) is 11.1. The number of amides is 1. The van der Waals surface area contributed by atoms with Crippen molar-refractivity contribution in [2.75, 3.05) is 26.2 Å². The molecule has 2 aromatic carbocycles. The fourth-order valence-corrected chi connectivity index (χ4v) is 4.57. The highest BCUT2D eigenvalue weighted by atomic mass is 16.2. The van der Waals surface area contributed by atoms with E-state index in [0.29, 0.717) is 29.8 Å². The summed E-state index contributed by atoms with van der Waals surface area (Å²) in [6.07, 6.45) is 2.70. The molecule has 4 rings (SSSR count). The zero-order chi connectivity index (χ0) is 24.5. The van der Waals surface area contributed by atoms with E-state index >= 15 is 0 Å². The summed E-state index contributed by atoms with van der Waals surface area (Å²) in [6.45, 7) is 11.7. The van der Waals surface area contributed by atoms with Crippen molar-refractivity contribution in [3.63, 3.8) is 0 Å². The number of aliphatic imine (C=N–C) groups is 1. The SMILES string of the molecule is CCC(=O)C1=Cc2ccc(-c3cccc(C(=O)N4CCN(C(C)(C)C)CC4)c3)cc2N=C(N)C1. The van der Waals surface area contributed by atoms with E-state index in [-0.39, 0.29) is 17.2 Å². The summed E-state index contributed by atoms with van der Waals surface area (Å²) in [5, 5.41) is 0. The number of ketones is 1. The van der Waals surface area contributed by atoms with Crippen LogP contribution in [0, 0.1) is 0 Å². The first-order valence-corrected chi connectivity index (χ1v) is 12.0. The lowest BCUT2D eigenvalue weighted by atomic mass is 9.98. The minimum absolute atomic E-state index is 0.0677. The van der Waals surface area contributed by atoms with E-state index in [2.05, 4.69) is 30.7 Å². The number of hydrogen-bond acceptors (Lipinski definition) is 5. The summed E-state index contributed by atoms with van der Waals surface area (Å²) in [7, 11) is 0. The predicted molar refractivity (Wildman–Crippen MR) is 138 cm³/mol. The average Bonchev–Trinajstić information content (AvgIpc) is 3.00. The van der Waals surface area contributed by atoms with Crippen molar-refractivity contribution < 1.29 is 9.59 Å². The van der Waals surface area contributed by atoms with Gasteiger partial charge in [-0.2, -0.15) is 0 Å². The number of rotatable bonds is 4. The van der Waals surface area contributed by atoms with Crippen LogP contribution in [-0.4, -0.2) is 59.0 Å². The minimum atomic E-state index is 0.0677. The van der Waals surface area contributed by atoms with Gasteiger partial charge in [0.05, 0.1) is 5.69 Å². The molecule has 2 aliphatic heterocycles. The molecule has 0 atom stereocenters. The first-order chi connectivity index (χ1) is 16.2. The van der Waals surface area contributed by atoms with Gasteiger partial charge < -0.3 is 10.6 Å². The van der Waals surface area contributed by atoms with E-state index in [4.69, 9.17) is 5.73 Å². The lowest BCUT2D eigenvalue weighted by Gasteiger charge is -2.42. The Bertz CT molecular complexity index is 1170. The zero-order valence-corrected chi connectivity index (χ0v) is 20.6. The molecule has 0 spiro atoms. The Hall–Kier alpha value is -3.25. The van der Waals surface area contributed by atoms with Crippen molar-refractivity contribution in [3.05, 3.63) is 59.2 Å². The number of fused-ring (bicyclic) bond motifs is 1. The van der Waals surface area contributed by atoms with Gasteiger partial charge in [-0.3, -0.25) is 14.5 Å². The molecule has 2 aromatic rings. The van der Waals surface area contributed by atoms with Crippen molar-refractivity contribution in [1.82, 2.24) is 9.80 Å². The van der Waals surface area contributed by atoms with Crippen LogP contribution in [-0.2, 0) is 4.79 Å². The first-order valence-electron chi connectivity index (χ1n) is 12.0. The van der Waals surface area contributed by atoms with Gasteiger partial charge in [-0.05, 0) is 56.2 Å². The molecule has 0 unspecified atom stereocenters. The Morgan fingerprint density at radius 1 is 1.00 bits per heavy atom. The van der Waals surface area contributed by atoms with Gasteiger partial charge in [0.15, 0.2) is 5.78 Å². The molecule has 2 aliphatic rings. The number of piperazine rings is 1. The van der Waals surface area contributed by atoms with Crippen molar-refractivity contribution in [2.45, 2.75) is 46.1 Å². The fourth-order valence-electron chi connectivity index (χ4n) is 4.57. The van der Waals surface area contributed by atoms with E-state index in [1.807, 2.05) is 60.4 Å². The van der Waals surface area contributed by atoms with Gasteiger partial charge in [-0.15, -0.1) is 0 Å². The van der Waals surface area contributed by atoms with Gasteiger partial charge in [-0.25, -0.2) is 4.99 Å². The Morgan fingerprint density at radius 3 is 2.38 bits per heavy atom. The van der Waals surface area contributed by atoms with Crippen molar-refractivity contribution in [2.24, 2.45) is 10.7 Å². The molecule has 6 nitrogen and oxygen atoms in total. The third kappa shape index (κ3) is 5.12. The molecule has 1 saturated heterocycles. The summed E-state index contributed by atoms with van der Waals surface area (Å²) in [5.74, 6) is 0.588. The van der Waals surface area contributed by atoms with Crippen LogP contribution in [0.15, 0.2) is 53.0 Å². The molecular weight excluding hydrogens is 424 g/mol. The lowest BCUT2D eigenvalue weighted by molar-refractivity contribution is -0.115. The molecular formula is C28H34N4O2. The van der Waals surface area contributed by atoms with Crippen molar-refractivity contribution in [1.29, 1.82) is 0 Å². The van der Waals surface area contributed by atoms with E-state index in [0.717, 1.165) is 48.6 Å². The third-order valence-electron chi connectivity index (χ3n) is 6.63. The summed E-state index contributed by atoms with van der Waals surface area (Å²) >= 11 is 0. The van der Waals surface area contributed by atoms with Crippen LogP contribution >= 0.6 is 0 Å². The van der Waals surface area contributed by atoms with Gasteiger partial charge in [-0.1, -0.05) is 31.2 Å². The second-order valence-electron chi connectivity index (χ2n) is 10.0. The molecule has 2 N–H and O–H groups in total. The minimum Gasteiger partial charge on any atom is -0.387 e. The second-order valence-corrected chi connectivity index (χ2v) is 10.0. The molecule has 0 aliphatic carbocycles. The van der Waals surface area contributed by atoms with Gasteiger partial charge in [0, 0.05) is 61.3 Å². The molecule has 0 radical (unpaired) electrons. The zero-order valence-electron chi connectivity index (χ0n) is 20.6. The van der Waals surface area contributed by atoms with E-state index in [1.165, 1.54) is 0 Å². The first kappa shape index (κ1) is 23.9. The summed E-state index contributed by atoms with van der Waals surface area (Å²) in [6, 6.07) is 13.7. The molecule has 0 saturated carbocycles. The van der Waals surface area contributed by atoms with Crippen LogP contribution in [0.4, 0.5) is 5.69 Å². The van der Waals surface area contributed by atoms with Crippen molar-refractivity contribution in [3.8, 4) is 11.1 Å². The highest BCUT2D eigenvalue weighted by Crippen LogP contribution is 2.32. The fraction of sp³-hybridized carbons (Fsp3) is 0.393. The van der Waals surface area contributed by atoms with Crippen LogP contribution in [0.5, 0.6) is 0 Å². The predicted octanol–water partition coefficient (Wildman–Crippen LogP) is 4.66. The molecule has 0 bridgehead atoms. The number of nitrogens with two attached hydrogens (primary N) is 1. The molecule has 1 amide bonds. The highest BCUT2D eigenvalue weighted by Gasteiger charge is 2.28. The maximum Gasteiger partial charge on any atom is 0.253 e. The number of amidine groups is 1. The van der Waals surface area contributed by atoms with Gasteiger partial charge in [0.2, 0.25) is 0 Å². The Morgan fingerprint density at radius 2 is 1.71 bits per heavy atom. The normalized spacial score (nSPS) is 16.9. The van der Waals surface area contributed by atoms with Gasteiger partial charge >= 0.3 is 0 Å². The summed E-state index contributed by atoms with van der Waals surface area (Å²) < 4.78 is 0. The number of carbonyl (C=O) groups is 2. The monoisotopic (exact) mass is 458 g/mol. The van der Waals surface area contributed by atoms with Crippen LogP contribution in [0.2, 0.25) is 0 Å². The van der Waals surface area contributed by atoms with Crippen LogP contribution < -0.4 is 5.73 Å². The quantitative estimate of drug-likeness (QED) is 0.722. The van der Waals surface area contributed by atoms with Crippen molar-refractivity contribution >= 4 is 29.3 Å². The van der Waals surface area contributed by atoms with Gasteiger partial charge in [0.25, 0.3) is 5.91 Å². The number of nitrogens with zero attached hydrogens (tertiary/aromatic N) is 3. The molecule has 6 heteroatoms. The maximum atomic E-state index is 13.2. The number of benzene rings is 2. The van der Waals surface area contributed by atoms with E-state index < -0.39 is 0 Å². The molecule has 0 aromatic heterocycles. The largest absolute Gasteiger partial charge is 0.387 e. The lowest BCUT2D eigenvalue weighted by Crippen LogP contribution is -2.54. The highest BCUT2D eigenvalue weighted by molar-refractivity contribution is 6.06. The number of carbonyl (C=O) groups excluding carboxylic acids is 2. The number of hydrogen-bond donors (Lipinski definition) is 1. The smallest absolute Gasteiger partial charge is 0.253 e. The standard InChI is InChI=1S/C28H34N4O2/c1-5-25(33)23-16-21-10-9-20(17-24(21)30-26(29)18-23)19-7-6-8-22(15-19)27(34)31-11-13-32(14-12-31)28(2,3)4/h6-10,15-17H,5,11-14,18H2,1-4H3,(H2,29,30). The summed E-state index contributed by atoms with van der Waals surface area (Å²) in [4.78, 5) is 34.4. The van der Waals surface area contributed by atoms with Crippen LogP contribution in [0.3, 0.4) is 0 Å². The van der Waals surface area contributed by atoms with Crippen LogP contribution in [0.1, 0.15) is 56.5 Å². The topological polar surface area (TPSA) is 79.0 Å². The third-order valence-corrected chi connectivity index (χ3v) is 6.63. The Labute approximate surface area is 202 Å². The van der Waals surface area contributed by atoms with E-state index in [9.17, 15) is 9.59 Å². The maximum absolute atomic E-state index is 13.2. The average molecular weight is 459 g/mol. The molecule has 178 valence electrons. The van der Waals surface area contributed by atoms with Gasteiger partial charge in [0.1, 0.15) is 5.84 Å². The Kier molecular flexibility index (Phi) is 6.71. The Balaban J connectivity index is 1.57.